The van der Waals surface area contributed by atoms with Crippen LogP contribution < -0.4 is 10.6 Å². The number of carbonyl (C=O) groups is 1. The van der Waals surface area contributed by atoms with Crippen LogP contribution in [0, 0.1) is 19.8 Å². The summed E-state index contributed by atoms with van der Waals surface area (Å²) in [5.41, 5.74) is 3.85. The molecule has 2 aromatic rings. The molecule has 2 aliphatic rings. The van der Waals surface area contributed by atoms with E-state index in [0.29, 0.717) is 6.54 Å². The van der Waals surface area contributed by atoms with Gasteiger partial charge in [-0.25, -0.2) is 0 Å². The Labute approximate surface area is 165 Å². The van der Waals surface area contributed by atoms with E-state index in [1.165, 1.54) is 6.42 Å². The minimum atomic E-state index is -0.804. The quantitative estimate of drug-likeness (QED) is 0.733. The van der Waals surface area contributed by atoms with Crippen LogP contribution in [-0.2, 0) is 10.3 Å². The van der Waals surface area contributed by atoms with E-state index in [4.69, 9.17) is 4.52 Å². The van der Waals surface area contributed by atoms with Crippen molar-refractivity contribution in [3.05, 3.63) is 35.2 Å². The molecule has 28 heavy (non-hydrogen) atoms. The van der Waals surface area contributed by atoms with Gasteiger partial charge in [0, 0.05) is 23.4 Å². The van der Waals surface area contributed by atoms with Crippen molar-refractivity contribution in [2.24, 2.45) is 5.92 Å². The number of nitrogens with zero attached hydrogens (tertiary/aromatic N) is 1. The molecule has 0 bridgehead atoms. The molecule has 1 aromatic carbocycles. The predicted octanol–water partition coefficient (Wildman–Crippen LogP) is 3.66. The summed E-state index contributed by atoms with van der Waals surface area (Å²) in [6.45, 7) is 5.96. The van der Waals surface area contributed by atoms with Gasteiger partial charge in [-0.05, 0) is 57.2 Å². The number of amides is 1. The standard InChI is InChI=1S/C22H29N3O3/c1-13(26)12-23-22(17-7-5-4-6-8-17)18-11-16(9-10-19(18)24-21(22)27)20-14(2)25-28-15(20)3/h9-11,13,17,23,26H,4-8,12H2,1-3H3,(H,24,27)/t13-,22?/m0/s1. The third kappa shape index (κ3) is 3.05. The van der Waals surface area contributed by atoms with E-state index in [1.54, 1.807) is 6.92 Å². The molecule has 3 N–H and O–H groups in total. The third-order valence-corrected chi connectivity index (χ3v) is 6.27. The van der Waals surface area contributed by atoms with Gasteiger partial charge in [-0.15, -0.1) is 0 Å². The molecule has 1 aliphatic heterocycles. The van der Waals surface area contributed by atoms with Crippen LogP contribution in [0.3, 0.4) is 0 Å². The van der Waals surface area contributed by atoms with Crippen LogP contribution in [0.15, 0.2) is 22.7 Å². The number of nitrogens with one attached hydrogen (secondary N) is 2. The molecule has 1 fully saturated rings. The van der Waals surface area contributed by atoms with Gasteiger partial charge in [0.1, 0.15) is 11.3 Å². The lowest BCUT2D eigenvalue weighted by atomic mass is 9.71. The third-order valence-electron chi connectivity index (χ3n) is 6.27. The average Bonchev–Trinajstić information content (AvgIpc) is 3.16. The molecule has 6 nitrogen and oxygen atoms in total. The smallest absolute Gasteiger partial charge is 0.249 e. The number of benzene rings is 1. The average molecular weight is 383 g/mol. The van der Waals surface area contributed by atoms with Crippen LogP contribution in [-0.4, -0.2) is 28.8 Å². The number of hydrogen-bond donors (Lipinski definition) is 3. The maximum atomic E-state index is 13.3. The summed E-state index contributed by atoms with van der Waals surface area (Å²) in [5, 5.41) is 20.6. The largest absolute Gasteiger partial charge is 0.392 e. The first-order chi connectivity index (χ1) is 13.4. The highest BCUT2D eigenvalue weighted by atomic mass is 16.5. The summed E-state index contributed by atoms with van der Waals surface area (Å²) in [5.74, 6) is 0.974. The highest BCUT2D eigenvalue weighted by Gasteiger charge is 2.52. The second-order valence-electron chi connectivity index (χ2n) is 8.29. The zero-order chi connectivity index (χ0) is 19.9. The van der Waals surface area contributed by atoms with Gasteiger partial charge in [0.15, 0.2) is 0 Å². The summed E-state index contributed by atoms with van der Waals surface area (Å²) in [7, 11) is 0. The Morgan fingerprint density at radius 3 is 2.71 bits per heavy atom. The molecular formula is C22H29N3O3. The molecule has 1 saturated carbocycles. The molecule has 6 heteroatoms. The Morgan fingerprint density at radius 1 is 1.32 bits per heavy atom. The van der Waals surface area contributed by atoms with Gasteiger partial charge in [0.05, 0.1) is 11.8 Å². The maximum absolute atomic E-state index is 13.3. The SMILES string of the molecule is Cc1noc(C)c1-c1ccc2c(c1)C(NC[C@H](C)O)(C1CCCCC1)C(=O)N2. The van der Waals surface area contributed by atoms with Gasteiger partial charge in [-0.2, -0.15) is 0 Å². The van der Waals surface area contributed by atoms with Gasteiger partial charge in [0.25, 0.3) is 0 Å². The molecule has 2 heterocycles. The molecule has 150 valence electrons. The fraction of sp³-hybridized carbons (Fsp3) is 0.545. The number of carbonyl (C=O) groups excluding carboxylic acids is 1. The number of aryl methyl sites for hydroxylation is 2. The first-order valence-corrected chi connectivity index (χ1v) is 10.3. The molecule has 4 rings (SSSR count). The molecule has 1 aliphatic carbocycles. The maximum Gasteiger partial charge on any atom is 0.249 e. The molecule has 1 unspecified atom stereocenters. The molecule has 1 amide bonds. The van der Waals surface area contributed by atoms with Gasteiger partial charge in [-0.1, -0.05) is 30.5 Å². The molecule has 1 aromatic heterocycles. The minimum absolute atomic E-state index is 0.00837. The zero-order valence-electron chi connectivity index (χ0n) is 16.8. The van der Waals surface area contributed by atoms with Crippen molar-refractivity contribution in [2.75, 3.05) is 11.9 Å². The summed E-state index contributed by atoms with van der Waals surface area (Å²) < 4.78 is 5.36. The summed E-state index contributed by atoms with van der Waals surface area (Å²) in [6, 6.07) is 6.09. The van der Waals surface area contributed by atoms with E-state index < -0.39 is 11.6 Å². The molecule has 0 radical (unpaired) electrons. The predicted molar refractivity (Wildman–Crippen MR) is 108 cm³/mol. The van der Waals surface area contributed by atoms with E-state index in [0.717, 1.165) is 59.5 Å². The van der Waals surface area contributed by atoms with E-state index in [9.17, 15) is 9.90 Å². The Kier molecular flexibility index (Phi) is 5.02. The number of hydrogen-bond acceptors (Lipinski definition) is 5. The van der Waals surface area contributed by atoms with Crippen LogP contribution in [0.5, 0.6) is 0 Å². The second kappa shape index (κ2) is 7.33. The number of anilines is 1. The van der Waals surface area contributed by atoms with Crippen molar-refractivity contribution in [2.45, 2.75) is 64.5 Å². The Bertz CT molecular complexity index is 864. The van der Waals surface area contributed by atoms with Crippen LogP contribution in [0.2, 0.25) is 0 Å². The Morgan fingerprint density at radius 2 is 2.07 bits per heavy atom. The van der Waals surface area contributed by atoms with E-state index >= 15 is 0 Å². The molecule has 0 spiro atoms. The fourth-order valence-corrected chi connectivity index (χ4v) is 4.94. The topological polar surface area (TPSA) is 87.4 Å². The first kappa shape index (κ1) is 19.2. The fourth-order valence-electron chi connectivity index (χ4n) is 4.94. The second-order valence-corrected chi connectivity index (χ2v) is 8.29. The first-order valence-electron chi connectivity index (χ1n) is 10.3. The van der Waals surface area contributed by atoms with Crippen LogP contribution >= 0.6 is 0 Å². The van der Waals surface area contributed by atoms with E-state index in [-0.39, 0.29) is 11.8 Å². The highest BCUT2D eigenvalue weighted by molar-refractivity contribution is 6.06. The molecular weight excluding hydrogens is 354 g/mol. The van der Waals surface area contributed by atoms with Crippen molar-refractivity contribution in [1.29, 1.82) is 0 Å². The van der Waals surface area contributed by atoms with Gasteiger partial charge in [0.2, 0.25) is 5.91 Å². The monoisotopic (exact) mass is 383 g/mol. The van der Waals surface area contributed by atoms with Crippen molar-refractivity contribution < 1.29 is 14.4 Å². The van der Waals surface area contributed by atoms with E-state index in [1.807, 2.05) is 26.0 Å². The van der Waals surface area contributed by atoms with Crippen molar-refractivity contribution in [3.8, 4) is 11.1 Å². The van der Waals surface area contributed by atoms with E-state index in [2.05, 4.69) is 21.9 Å². The summed E-state index contributed by atoms with van der Waals surface area (Å²) in [4.78, 5) is 13.3. The normalized spacial score (nSPS) is 23.5. The van der Waals surface area contributed by atoms with Crippen molar-refractivity contribution >= 4 is 11.6 Å². The van der Waals surface area contributed by atoms with Crippen LogP contribution in [0.4, 0.5) is 5.69 Å². The Balaban J connectivity index is 1.84. The number of aliphatic hydroxyl groups is 1. The van der Waals surface area contributed by atoms with Gasteiger partial charge >= 0.3 is 0 Å². The van der Waals surface area contributed by atoms with Crippen LogP contribution in [0.25, 0.3) is 11.1 Å². The number of rotatable bonds is 5. The highest BCUT2D eigenvalue weighted by Crippen LogP contribution is 2.47. The number of aliphatic hydroxyl groups excluding tert-OH is 1. The zero-order valence-corrected chi connectivity index (χ0v) is 16.8. The lowest BCUT2D eigenvalue weighted by Crippen LogP contribution is -2.55. The van der Waals surface area contributed by atoms with Crippen molar-refractivity contribution in [1.82, 2.24) is 10.5 Å². The Hall–Kier alpha value is -2.18. The summed E-state index contributed by atoms with van der Waals surface area (Å²) in [6.07, 6.45) is 4.98. The molecule has 2 atom stereocenters. The van der Waals surface area contributed by atoms with Gasteiger partial charge in [-0.3, -0.25) is 10.1 Å². The van der Waals surface area contributed by atoms with Crippen molar-refractivity contribution in [3.63, 3.8) is 0 Å². The lowest BCUT2D eigenvalue weighted by molar-refractivity contribution is -0.125. The lowest BCUT2D eigenvalue weighted by Gasteiger charge is -2.39. The molecule has 0 saturated heterocycles. The minimum Gasteiger partial charge on any atom is -0.392 e. The van der Waals surface area contributed by atoms with Crippen LogP contribution in [0.1, 0.15) is 56.0 Å². The van der Waals surface area contributed by atoms with Gasteiger partial charge < -0.3 is 14.9 Å². The summed E-state index contributed by atoms with van der Waals surface area (Å²) >= 11 is 0. The number of fused-ring (bicyclic) bond motifs is 1. The number of aromatic nitrogens is 1.